The molecule has 0 amide bonds. The SMILES string of the molecule is COc1cccc(OCc2ccnc(Cl)c2)c1. The summed E-state index contributed by atoms with van der Waals surface area (Å²) in [5.74, 6) is 1.53. The topological polar surface area (TPSA) is 31.4 Å². The molecule has 0 spiro atoms. The first-order chi connectivity index (χ1) is 8.28. The van der Waals surface area contributed by atoms with Crippen LogP contribution in [0.5, 0.6) is 11.5 Å². The molecule has 3 nitrogen and oxygen atoms in total. The summed E-state index contributed by atoms with van der Waals surface area (Å²) >= 11 is 5.79. The van der Waals surface area contributed by atoms with E-state index in [1.165, 1.54) is 0 Å². The van der Waals surface area contributed by atoms with Crippen LogP contribution in [0.25, 0.3) is 0 Å². The summed E-state index contributed by atoms with van der Waals surface area (Å²) in [6.07, 6.45) is 1.66. The summed E-state index contributed by atoms with van der Waals surface area (Å²) in [6.45, 7) is 0.454. The van der Waals surface area contributed by atoms with Crippen molar-refractivity contribution in [2.75, 3.05) is 7.11 Å². The highest BCUT2D eigenvalue weighted by Crippen LogP contribution is 2.20. The zero-order valence-corrected chi connectivity index (χ0v) is 10.1. The summed E-state index contributed by atoms with van der Waals surface area (Å²) in [4.78, 5) is 3.91. The van der Waals surface area contributed by atoms with Crippen molar-refractivity contribution >= 4 is 11.6 Å². The van der Waals surface area contributed by atoms with Crippen LogP contribution in [-0.4, -0.2) is 12.1 Å². The van der Waals surface area contributed by atoms with Gasteiger partial charge in [-0.1, -0.05) is 17.7 Å². The van der Waals surface area contributed by atoms with Crippen LogP contribution in [0.2, 0.25) is 5.15 Å². The largest absolute Gasteiger partial charge is 0.497 e. The molecule has 0 aliphatic carbocycles. The van der Waals surface area contributed by atoms with E-state index in [1.807, 2.05) is 30.3 Å². The Morgan fingerprint density at radius 1 is 1.18 bits per heavy atom. The van der Waals surface area contributed by atoms with E-state index in [1.54, 1.807) is 19.4 Å². The molecule has 0 atom stereocenters. The second-order valence-electron chi connectivity index (χ2n) is 3.45. The predicted molar refractivity (Wildman–Crippen MR) is 66.6 cm³/mol. The summed E-state index contributed by atoms with van der Waals surface area (Å²) in [5.41, 5.74) is 0.979. The molecule has 0 saturated heterocycles. The van der Waals surface area contributed by atoms with E-state index in [0.717, 1.165) is 17.1 Å². The van der Waals surface area contributed by atoms with E-state index in [0.29, 0.717) is 11.8 Å². The smallest absolute Gasteiger partial charge is 0.129 e. The van der Waals surface area contributed by atoms with Gasteiger partial charge in [-0.3, -0.25) is 0 Å². The highest BCUT2D eigenvalue weighted by atomic mass is 35.5. The molecular formula is C13H12ClNO2. The highest BCUT2D eigenvalue weighted by molar-refractivity contribution is 6.29. The Labute approximate surface area is 105 Å². The van der Waals surface area contributed by atoms with Crippen LogP contribution < -0.4 is 9.47 Å². The third kappa shape index (κ3) is 3.36. The molecule has 0 radical (unpaired) electrons. The van der Waals surface area contributed by atoms with Crippen LogP contribution in [0.1, 0.15) is 5.56 Å². The maximum atomic E-state index is 5.79. The molecule has 4 heteroatoms. The Morgan fingerprint density at radius 2 is 2.00 bits per heavy atom. The first kappa shape index (κ1) is 11.7. The first-order valence-corrected chi connectivity index (χ1v) is 5.53. The van der Waals surface area contributed by atoms with Gasteiger partial charge in [0.25, 0.3) is 0 Å². The maximum absolute atomic E-state index is 5.79. The van der Waals surface area contributed by atoms with Gasteiger partial charge in [0.2, 0.25) is 0 Å². The summed E-state index contributed by atoms with van der Waals surface area (Å²) in [7, 11) is 1.63. The van der Waals surface area contributed by atoms with Crippen LogP contribution in [-0.2, 0) is 6.61 Å². The van der Waals surface area contributed by atoms with Crippen molar-refractivity contribution in [3.63, 3.8) is 0 Å². The molecule has 1 aromatic carbocycles. The van der Waals surface area contributed by atoms with Crippen LogP contribution in [0.15, 0.2) is 42.6 Å². The van der Waals surface area contributed by atoms with E-state index in [-0.39, 0.29) is 0 Å². The average Bonchev–Trinajstić information content (AvgIpc) is 2.37. The standard InChI is InChI=1S/C13H12ClNO2/c1-16-11-3-2-4-12(8-11)17-9-10-5-6-15-13(14)7-10/h2-8H,9H2,1H3. The Kier molecular flexibility index (Phi) is 3.83. The van der Waals surface area contributed by atoms with Crippen LogP contribution >= 0.6 is 11.6 Å². The molecule has 0 fully saturated rings. The van der Waals surface area contributed by atoms with E-state index in [2.05, 4.69) is 4.98 Å². The van der Waals surface area contributed by atoms with Gasteiger partial charge in [-0.2, -0.15) is 0 Å². The van der Waals surface area contributed by atoms with Gasteiger partial charge in [0.1, 0.15) is 23.3 Å². The molecule has 88 valence electrons. The van der Waals surface area contributed by atoms with Crippen molar-refractivity contribution < 1.29 is 9.47 Å². The van der Waals surface area contributed by atoms with Crippen molar-refractivity contribution in [3.8, 4) is 11.5 Å². The molecule has 0 N–H and O–H groups in total. The molecule has 17 heavy (non-hydrogen) atoms. The third-order valence-corrected chi connectivity index (χ3v) is 2.44. The molecule has 0 bridgehead atoms. The molecule has 0 unspecified atom stereocenters. The third-order valence-electron chi connectivity index (χ3n) is 2.24. The first-order valence-electron chi connectivity index (χ1n) is 5.15. The molecule has 0 saturated carbocycles. The number of aromatic nitrogens is 1. The van der Waals surface area contributed by atoms with Gasteiger partial charge in [-0.25, -0.2) is 4.98 Å². The van der Waals surface area contributed by atoms with Gasteiger partial charge in [0.05, 0.1) is 7.11 Å². The quantitative estimate of drug-likeness (QED) is 0.779. The second kappa shape index (κ2) is 5.55. The fourth-order valence-electron chi connectivity index (χ4n) is 1.39. The minimum absolute atomic E-state index is 0.454. The Hall–Kier alpha value is -1.74. The Morgan fingerprint density at radius 3 is 2.76 bits per heavy atom. The normalized spacial score (nSPS) is 10.0. The molecular weight excluding hydrogens is 238 g/mol. The monoisotopic (exact) mass is 249 g/mol. The van der Waals surface area contributed by atoms with Crippen molar-refractivity contribution in [3.05, 3.63) is 53.3 Å². The van der Waals surface area contributed by atoms with Crippen molar-refractivity contribution in [2.45, 2.75) is 6.61 Å². The minimum Gasteiger partial charge on any atom is -0.497 e. The van der Waals surface area contributed by atoms with Gasteiger partial charge >= 0.3 is 0 Å². The average molecular weight is 250 g/mol. The van der Waals surface area contributed by atoms with Gasteiger partial charge in [0.15, 0.2) is 0 Å². The molecule has 1 aromatic heterocycles. The number of benzene rings is 1. The molecule has 1 heterocycles. The number of nitrogens with zero attached hydrogens (tertiary/aromatic N) is 1. The number of rotatable bonds is 4. The predicted octanol–water partition coefficient (Wildman–Crippen LogP) is 3.32. The number of hydrogen-bond acceptors (Lipinski definition) is 3. The van der Waals surface area contributed by atoms with Gasteiger partial charge < -0.3 is 9.47 Å². The zero-order valence-electron chi connectivity index (χ0n) is 9.39. The van der Waals surface area contributed by atoms with E-state index in [4.69, 9.17) is 21.1 Å². The van der Waals surface area contributed by atoms with Crippen LogP contribution in [0, 0.1) is 0 Å². The molecule has 0 aliphatic heterocycles. The number of methoxy groups -OCH3 is 1. The minimum atomic E-state index is 0.454. The second-order valence-corrected chi connectivity index (χ2v) is 3.84. The summed E-state index contributed by atoms with van der Waals surface area (Å²) in [5, 5.41) is 0.469. The van der Waals surface area contributed by atoms with E-state index >= 15 is 0 Å². The zero-order chi connectivity index (χ0) is 12.1. The number of halogens is 1. The number of ether oxygens (including phenoxy) is 2. The lowest BCUT2D eigenvalue weighted by Gasteiger charge is -2.07. The number of hydrogen-bond donors (Lipinski definition) is 0. The van der Waals surface area contributed by atoms with Gasteiger partial charge in [-0.15, -0.1) is 0 Å². The van der Waals surface area contributed by atoms with Crippen molar-refractivity contribution in [1.29, 1.82) is 0 Å². The molecule has 2 aromatic rings. The lowest BCUT2D eigenvalue weighted by molar-refractivity contribution is 0.303. The fourth-order valence-corrected chi connectivity index (χ4v) is 1.59. The van der Waals surface area contributed by atoms with Crippen molar-refractivity contribution in [2.24, 2.45) is 0 Å². The van der Waals surface area contributed by atoms with Crippen LogP contribution in [0.4, 0.5) is 0 Å². The summed E-state index contributed by atoms with van der Waals surface area (Å²) < 4.78 is 10.7. The van der Waals surface area contributed by atoms with E-state index in [9.17, 15) is 0 Å². The van der Waals surface area contributed by atoms with Gasteiger partial charge in [-0.05, 0) is 29.8 Å². The van der Waals surface area contributed by atoms with Gasteiger partial charge in [0, 0.05) is 12.3 Å². The highest BCUT2D eigenvalue weighted by Gasteiger charge is 1.99. The van der Waals surface area contributed by atoms with Crippen molar-refractivity contribution in [1.82, 2.24) is 4.98 Å². The number of pyridine rings is 1. The van der Waals surface area contributed by atoms with E-state index < -0.39 is 0 Å². The summed E-state index contributed by atoms with van der Waals surface area (Å²) in [6, 6.07) is 11.1. The molecule has 2 rings (SSSR count). The Balaban J connectivity index is 2.02. The van der Waals surface area contributed by atoms with Crippen LogP contribution in [0.3, 0.4) is 0 Å². The molecule has 0 aliphatic rings. The lowest BCUT2D eigenvalue weighted by atomic mass is 10.3. The lowest BCUT2D eigenvalue weighted by Crippen LogP contribution is -1.96. The fraction of sp³-hybridized carbons (Fsp3) is 0.154. The maximum Gasteiger partial charge on any atom is 0.129 e. The Bertz CT molecular complexity index is 502.